The molecule has 6 heteroatoms. The van der Waals surface area contributed by atoms with Gasteiger partial charge in [0, 0.05) is 19.0 Å². The summed E-state index contributed by atoms with van der Waals surface area (Å²) in [4.78, 5) is 12.3. The third-order valence-corrected chi connectivity index (χ3v) is 6.29. The number of alkyl carbamates (subject to hydrolysis) is 1. The zero-order valence-corrected chi connectivity index (χ0v) is 19.4. The maximum Gasteiger partial charge on any atom is 0.407 e. The summed E-state index contributed by atoms with van der Waals surface area (Å²) in [7, 11) is 0. The Balaban J connectivity index is 1.26. The van der Waals surface area contributed by atoms with Crippen LogP contribution < -0.4 is 10.6 Å². The van der Waals surface area contributed by atoms with Crippen LogP contribution in [0.3, 0.4) is 0 Å². The Hall–Kier alpha value is -3.19. The number of fused-ring (bicyclic) bond motifs is 3. The lowest BCUT2D eigenvalue weighted by molar-refractivity contribution is 0.0136. The summed E-state index contributed by atoms with van der Waals surface area (Å²) in [6.07, 6.45) is -2.34. The van der Waals surface area contributed by atoms with Gasteiger partial charge in [-0.3, -0.25) is 0 Å². The van der Waals surface area contributed by atoms with Crippen LogP contribution in [0, 0.1) is 0 Å². The van der Waals surface area contributed by atoms with Crippen LogP contribution in [0.15, 0.2) is 72.8 Å². The first-order valence-electron chi connectivity index (χ1n) is 11.8. The third kappa shape index (κ3) is 5.47. The van der Waals surface area contributed by atoms with Gasteiger partial charge in [-0.25, -0.2) is 4.79 Å². The molecule has 0 bridgehead atoms. The van der Waals surface area contributed by atoms with E-state index in [0.29, 0.717) is 12.1 Å². The van der Waals surface area contributed by atoms with Crippen molar-refractivity contribution in [2.24, 2.45) is 0 Å². The number of benzene rings is 3. The second-order valence-corrected chi connectivity index (χ2v) is 8.58. The molecule has 34 heavy (non-hydrogen) atoms. The van der Waals surface area contributed by atoms with Crippen molar-refractivity contribution in [3.8, 4) is 11.1 Å². The van der Waals surface area contributed by atoms with Crippen molar-refractivity contribution in [2.45, 2.75) is 38.0 Å². The van der Waals surface area contributed by atoms with E-state index in [1.54, 1.807) is 6.07 Å². The van der Waals surface area contributed by atoms with Crippen LogP contribution in [0.25, 0.3) is 11.1 Å². The van der Waals surface area contributed by atoms with Crippen LogP contribution in [0.4, 0.5) is 4.79 Å². The molecule has 0 aliphatic heterocycles. The second kappa shape index (κ2) is 11.3. The number of carbonyl (C=O) groups is 1. The lowest BCUT2D eigenvalue weighted by Crippen LogP contribution is -2.30. The number of rotatable bonds is 10. The van der Waals surface area contributed by atoms with Gasteiger partial charge in [-0.1, -0.05) is 79.7 Å². The molecule has 0 saturated carbocycles. The summed E-state index contributed by atoms with van der Waals surface area (Å²) < 4.78 is 5.52. The van der Waals surface area contributed by atoms with E-state index in [1.165, 1.54) is 11.1 Å². The Morgan fingerprint density at radius 1 is 0.971 bits per heavy atom. The standard InChI is InChI=1S/C28H32N2O4/c1-2-29-17-19-8-7-9-20(16-19)27(32)26(31)14-15-30-28(33)34-18-25-23-12-5-3-10-21(23)22-11-4-6-13-24(22)25/h3-13,16,25-27,29,31-32H,2,14-15,17-18H2,1H3,(H,30,33). The molecule has 0 saturated heterocycles. The number of aliphatic hydroxyl groups is 2. The first kappa shape index (κ1) is 24.0. The zero-order valence-electron chi connectivity index (χ0n) is 19.4. The molecule has 0 heterocycles. The van der Waals surface area contributed by atoms with E-state index in [0.717, 1.165) is 23.2 Å². The number of hydrogen-bond donors (Lipinski definition) is 4. The number of hydrogen-bond acceptors (Lipinski definition) is 5. The summed E-state index contributed by atoms with van der Waals surface area (Å²) in [5.41, 5.74) is 6.38. The molecular weight excluding hydrogens is 428 g/mol. The van der Waals surface area contributed by atoms with Gasteiger partial charge < -0.3 is 25.6 Å². The highest BCUT2D eigenvalue weighted by Crippen LogP contribution is 2.44. The first-order chi connectivity index (χ1) is 16.6. The van der Waals surface area contributed by atoms with Crippen molar-refractivity contribution in [2.75, 3.05) is 19.7 Å². The van der Waals surface area contributed by atoms with E-state index in [2.05, 4.69) is 34.9 Å². The number of carbonyl (C=O) groups excluding carboxylic acids is 1. The fraction of sp³-hybridized carbons (Fsp3) is 0.321. The number of ether oxygens (including phenoxy) is 1. The highest BCUT2D eigenvalue weighted by Gasteiger charge is 2.29. The third-order valence-electron chi connectivity index (χ3n) is 6.29. The number of nitrogens with one attached hydrogen (secondary N) is 2. The fourth-order valence-corrected chi connectivity index (χ4v) is 4.51. The van der Waals surface area contributed by atoms with Gasteiger partial charge in [0.15, 0.2) is 0 Å². The van der Waals surface area contributed by atoms with E-state index in [4.69, 9.17) is 4.74 Å². The molecule has 2 atom stereocenters. The van der Waals surface area contributed by atoms with Crippen molar-refractivity contribution >= 4 is 6.09 Å². The lowest BCUT2D eigenvalue weighted by atomic mass is 9.98. The minimum absolute atomic E-state index is 0.0000342. The van der Waals surface area contributed by atoms with Crippen LogP contribution in [0.5, 0.6) is 0 Å². The molecule has 4 N–H and O–H groups in total. The molecule has 0 aromatic heterocycles. The minimum atomic E-state index is -1.02. The zero-order chi connectivity index (χ0) is 23.9. The molecule has 0 spiro atoms. The van der Waals surface area contributed by atoms with E-state index in [-0.39, 0.29) is 25.5 Å². The predicted octanol–water partition coefficient (Wildman–Crippen LogP) is 4.12. The Labute approximate surface area is 200 Å². The molecule has 2 unspecified atom stereocenters. The number of aliphatic hydroxyl groups excluding tert-OH is 2. The maximum atomic E-state index is 12.3. The van der Waals surface area contributed by atoms with E-state index in [1.807, 2.05) is 49.4 Å². The normalized spacial score (nSPS) is 14.2. The molecule has 178 valence electrons. The quantitative estimate of drug-likeness (QED) is 0.365. The summed E-state index contributed by atoms with van der Waals surface area (Å²) in [5.74, 6) is 0.0000342. The van der Waals surface area contributed by atoms with Gasteiger partial charge in [-0.15, -0.1) is 0 Å². The van der Waals surface area contributed by atoms with Gasteiger partial charge in [-0.2, -0.15) is 0 Å². The Morgan fingerprint density at radius 3 is 2.32 bits per heavy atom. The molecular formula is C28H32N2O4. The van der Waals surface area contributed by atoms with Crippen molar-refractivity contribution in [1.29, 1.82) is 0 Å². The van der Waals surface area contributed by atoms with Crippen LogP contribution in [0.2, 0.25) is 0 Å². The summed E-state index contributed by atoms with van der Waals surface area (Å²) >= 11 is 0. The van der Waals surface area contributed by atoms with Crippen molar-refractivity contribution in [3.05, 3.63) is 95.1 Å². The SMILES string of the molecule is CCNCc1cccc(C(O)C(O)CCNC(=O)OCC2c3ccccc3-c3ccccc32)c1. The van der Waals surface area contributed by atoms with Gasteiger partial charge in [0.1, 0.15) is 12.7 Å². The van der Waals surface area contributed by atoms with Crippen LogP contribution in [0.1, 0.15) is 47.6 Å². The highest BCUT2D eigenvalue weighted by molar-refractivity contribution is 5.79. The topological polar surface area (TPSA) is 90.8 Å². The highest BCUT2D eigenvalue weighted by atomic mass is 16.5. The smallest absolute Gasteiger partial charge is 0.407 e. The maximum absolute atomic E-state index is 12.3. The predicted molar refractivity (Wildman–Crippen MR) is 132 cm³/mol. The molecule has 3 aromatic rings. The lowest BCUT2D eigenvalue weighted by Gasteiger charge is -2.19. The van der Waals surface area contributed by atoms with Gasteiger partial charge in [0.25, 0.3) is 0 Å². The second-order valence-electron chi connectivity index (χ2n) is 8.58. The van der Waals surface area contributed by atoms with Gasteiger partial charge in [-0.05, 0) is 46.3 Å². The van der Waals surface area contributed by atoms with Crippen LogP contribution >= 0.6 is 0 Å². The van der Waals surface area contributed by atoms with Crippen molar-refractivity contribution in [1.82, 2.24) is 10.6 Å². The van der Waals surface area contributed by atoms with Gasteiger partial charge in [0.2, 0.25) is 0 Å². The largest absolute Gasteiger partial charge is 0.449 e. The monoisotopic (exact) mass is 460 g/mol. The van der Waals surface area contributed by atoms with E-state index >= 15 is 0 Å². The van der Waals surface area contributed by atoms with Gasteiger partial charge >= 0.3 is 6.09 Å². The Bertz CT molecular complexity index is 1070. The van der Waals surface area contributed by atoms with E-state index in [9.17, 15) is 15.0 Å². The average Bonchev–Trinajstić information content (AvgIpc) is 3.19. The number of amides is 1. The average molecular weight is 461 g/mol. The molecule has 1 amide bonds. The van der Waals surface area contributed by atoms with Crippen LogP contribution in [-0.2, 0) is 11.3 Å². The summed E-state index contributed by atoms with van der Waals surface area (Å²) in [5, 5.41) is 26.9. The van der Waals surface area contributed by atoms with Crippen molar-refractivity contribution < 1.29 is 19.7 Å². The molecule has 4 rings (SSSR count). The Morgan fingerprint density at radius 2 is 1.65 bits per heavy atom. The summed E-state index contributed by atoms with van der Waals surface area (Å²) in [6.45, 7) is 4.04. The molecule has 3 aromatic carbocycles. The molecule has 6 nitrogen and oxygen atoms in total. The Kier molecular flexibility index (Phi) is 7.95. The first-order valence-corrected chi connectivity index (χ1v) is 11.8. The molecule has 1 aliphatic rings. The van der Waals surface area contributed by atoms with Gasteiger partial charge in [0.05, 0.1) is 6.10 Å². The summed E-state index contributed by atoms with van der Waals surface area (Å²) in [6, 6.07) is 23.9. The van der Waals surface area contributed by atoms with E-state index < -0.39 is 18.3 Å². The fourth-order valence-electron chi connectivity index (χ4n) is 4.51. The molecule has 0 fully saturated rings. The molecule has 1 aliphatic carbocycles. The van der Waals surface area contributed by atoms with Crippen LogP contribution in [-0.4, -0.2) is 42.1 Å². The van der Waals surface area contributed by atoms with Crippen molar-refractivity contribution in [3.63, 3.8) is 0 Å². The minimum Gasteiger partial charge on any atom is -0.449 e. The molecule has 0 radical (unpaired) electrons.